The van der Waals surface area contributed by atoms with E-state index < -0.39 is 0 Å². The van der Waals surface area contributed by atoms with Crippen LogP contribution in [0.5, 0.6) is 0 Å². The van der Waals surface area contributed by atoms with Crippen molar-refractivity contribution in [2.24, 2.45) is 10.2 Å². The van der Waals surface area contributed by atoms with Gasteiger partial charge < -0.3 is 9.64 Å². The molecule has 0 bridgehead atoms. The van der Waals surface area contributed by atoms with Crippen LogP contribution in [-0.2, 0) is 4.74 Å². The molecule has 0 spiro atoms. The summed E-state index contributed by atoms with van der Waals surface area (Å²) < 4.78 is 5.86. The van der Waals surface area contributed by atoms with Crippen LogP contribution in [0.3, 0.4) is 0 Å². The fourth-order valence-corrected chi connectivity index (χ4v) is 2.51. The van der Waals surface area contributed by atoms with Crippen LogP contribution in [0.25, 0.3) is 0 Å². The third-order valence-electron chi connectivity index (χ3n) is 3.60. The molecule has 1 atom stereocenters. The first-order valence-electron chi connectivity index (χ1n) is 6.82. The smallest absolute Gasteiger partial charge is 0.189 e. The van der Waals surface area contributed by atoms with E-state index in [4.69, 9.17) is 4.74 Å². The molecule has 21 heavy (non-hydrogen) atoms. The lowest BCUT2D eigenvalue weighted by molar-refractivity contribution is -0.00715. The molecule has 8 nitrogen and oxygen atoms in total. The maximum atomic E-state index is 5.86. The number of hydrogen-bond acceptors (Lipinski definition) is 8. The van der Waals surface area contributed by atoms with Gasteiger partial charge in [-0.3, -0.25) is 4.98 Å². The highest BCUT2D eigenvalue weighted by atomic mass is 16.5. The zero-order valence-electron chi connectivity index (χ0n) is 11.3. The van der Waals surface area contributed by atoms with Gasteiger partial charge in [0.15, 0.2) is 11.7 Å². The van der Waals surface area contributed by atoms with Gasteiger partial charge in [-0.05, 0) is 29.8 Å². The highest BCUT2D eigenvalue weighted by Gasteiger charge is 2.26. The van der Waals surface area contributed by atoms with Crippen LogP contribution < -0.4 is 11.1 Å². The van der Waals surface area contributed by atoms with Gasteiger partial charge in [0.1, 0.15) is 6.10 Å². The molecule has 0 saturated carbocycles. The number of ether oxygens (including phenoxy) is 1. The standard InChI is InChI=1S/C13H15N7O/c1-2-13(16-20-12(1)15-17-18-20)19-7-8-21-11(9-19)10-3-5-14-6-4-10/h1-6,11,17-18H,7-9H2. The maximum Gasteiger partial charge on any atom is 0.189 e. The molecule has 4 heterocycles. The van der Waals surface area contributed by atoms with E-state index in [-0.39, 0.29) is 6.10 Å². The van der Waals surface area contributed by atoms with Crippen molar-refractivity contribution in [3.8, 4) is 0 Å². The quantitative estimate of drug-likeness (QED) is 0.755. The molecule has 1 unspecified atom stereocenters. The molecule has 1 saturated heterocycles. The number of fused-ring (bicyclic) bond motifs is 1. The van der Waals surface area contributed by atoms with Gasteiger partial charge in [0.25, 0.3) is 0 Å². The number of amidine groups is 2. The number of morpholine rings is 1. The predicted octanol–water partition coefficient (Wildman–Crippen LogP) is -0.0235. The summed E-state index contributed by atoms with van der Waals surface area (Å²) in [6.45, 7) is 2.26. The number of hydrazone groups is 2. The lowest BCUT2D eigenvalue weighted by Gasteiger charge is -2.35. The Morgan fingerprint density at radius 2 is 2.05 bits per heavy atom. The molecule has 0 aliphatic carbocycles. The Labute approximate surface area is 121 Å². The molecule has 0 radical (unpaired) electrons. The lowest BCUT2D eigenvalue weighted by Crippen LogP contribution is -2.46. The zero-order valence-corrected chi connectivity index (χ0v) is 11.3. The van der Waals surface area contributed by atoms with Crippen molar-refractivity contribution in [1.29, 1.82) is 0 Å². The van der Waals surface area contributed by atoms with Gasteiger partial charge >= 0.3 is 0 Å². The summed E-state index contributed by atoms with van der Waals surface area (Å²) >= 11 is 0. The van der Waals surface area contributed by atoms with Gasteiger partial charge in [-0.2, -0.15) is 5.12 Å². The molecule has 3 aliphatic rings. The van der Waals surface area contributed by atoms with E-state index in [0.29, 0.717) is 6.61 Å². The fraction of sp³-hybridized carbons (Fsp3) is 0.308. The van der Waals surface area contributed by atoms with Crippen molar-refractivity contribution in [3.05, 3.63) is 42.2 Å². The summed E-state index contributed by atoms with van der Waals surface area (Å²) in [4.78, 5) is 6.26. The van der Waals surface area contributed by atoms with Crippen LogP contribution in [0, 0.1) is 0 Å². The number of aromatic nitrogens is 1. The monoisotopic (exact) mass is 285 g/mol. The molecular weight excluding hydrogens is 270 g/mol. The molecule has 108 valence electrons. The predicted molar refractivity (Wildman–Crippen MR) is 76.6 cm³/mol. The topological polar surface area (TPSA) is 77.4 Å². The third kappa shape index (κ3) is 2.34. The summed E-state index contributed by atoms with van der Waals surface area (Å²) in [6.07, 6.45) is 7.51. The molecule has 2 N–H and O–H groups in total. The van der Waals surface area contributed by atoms with E-state index in [0.717, 1.165) is 30.3 Å². The normalized spacial score (nSPS) is 24.3. The summed E-state index contributed by atoms with van der Waals surface area (Å²) in [5, 5.41) is 10.2. The number of nitrogens with zero attached hydrogens (tertiary/aromatic N) is 5. The Morgan fingerprint density at radius 1 is 1.19 bits per heavy atom. The molecule has 1 aromatic heterocycles. The van der Waals surface area contributed by atoms with E-state index >= 15 is 0 Å². The van der Waals surface area contributed by atoms with Crippen LogP contribution in [-0.4, -0.2) is 46.4 Å². The molecule has 3 aliphatic heterocycles. The van der Waals surface area contributed by atoms with Crippen LogP contribution in [0.2, 0.25) is 0 Å². The largest absolute Gasteiger partial charge is 0.370 e. The van der Waals surface area contributed by atoms with Crippen LogP contribution in [0.1, 0.15) is 11.7 Å². The Morgan fingerprint density at radius 3 is 2.95 bits per heavy atom. The van der Waals surface area contributed by atoms with E-state index in [1.807, 2.05) is 24.3 Å². The first-order valence-corrected chi connectivity index (χ1v) is 6.82. The Kier molecular flexibility index (Phi) is 3.02. The summed E-state index contributed by atoms with van der Waals surface area (Å²) in [6, 6.07) is 3.98. The van der Waals surface area contributed by atoms with Gasteiger partial charge in [0.2, 0.25) is 0 Å². The van der Waals surface area contributed by atoms with E-state index in [9.17, 15) is 0 Å². The average Bonchev–Trinajstić information content (AvgIpc) is 3.03. The number of pyridine rings is 1. The minimum Gasteiger partial charge on any atom is -0.370 e. The molecular formula is C13H15N7O. The summed E-state index contributed by atoms with van der Waals surface area (Å²) in [5.74, 6) is 1.64. The first-order chi connectivity index (χ1) is 10.4. The van der Waals surface area contributed by atoms with Crippen LogP contribution in [0.15, 0.2) is 46.9 Å². The maximum absolute atomic E-state index is 5.86. The number of nitrogens with one attached hydrogen (secondary N) is 2. The number of rotatable bonds is 1. The van der Waals surface area contributed by atoms with Gasteiger partial charge in [0.05, 0.1) is 6.61 Å². The van der Waals surface area contributed by atoms with E-state index in [2.05, 4.69) is 31.2 Å². The van der Waals surface area contributed by atoms with Crippen LogP contribution >= 0.6 is 0 Å². The molecule has 4 rings (SSSR count). The SMILES string of the molecule is C1=CC2=NNNN2N=C1N1CCOC(c2ccncc2)C1. The van der Waals surface area contributed by atoms with Gasteiger partial charge in [0, 0.05) is 25.5 Å². The fourth-order valence-electron chi connectivity index (χ4n) is 2.51. The molecule has 8 heteroatoms. The van der Waals surface area contributed by atoms with E-state index in [1.165, 1.54) is 0 Å². The summed E-state index contributed by atoms with van der Waals surface area (Å²) in [5.41, 5.74) is 6.66. The van der Waals surface area contributed by atoms with Crippen molar-refractivity contribution in [1.82, 2.24) is 26.1 Å². The number of hydrogen-bond donors (Lipinski definition) is 2. The highest BCUT2D eigenvalue weighted by molar-refractivity contribution is 6.05. The zero-order chi connectivity index (χ0) is 14.1. The van der Waals surface area contributed by atoms with Crippen molar-refractivity contribution in [2.75, 3.05) is 19.7 Å². The van der Waals surface area contributed by atoms with Crippen molar-refractivity contribution >= 4 is 11.7 Å². The van der Waals surface area contributed by atoms with Crippen molar-refractivity contribution < 1.29 is 4.74 Å². The minimum atomic E-state index is 0.0394. The molecule has 0 amide bonds. The van der Waals surface area contributed by atoms with Gasteiger partial charge in [-0.1, -0.05) is 0 Å². The Bertz CT molecular complexity index is 612. The van der Waals surface area contributed by atoms with Gasteiger partial charge in [-0.15, -0.1) is 15.7 Å². The number of hydrazine groups is 2. The molecule has 0 aromatic carbocycles. The molecule has 1 aromatic rings. The summed E-state index contributed by atoms with van der Waals surface area (Å²) in [7, 11) is 0. The van der Waals surface area contributed by atoms with E-state index in [1.54, 1.807) is 17.5 Å². The second kappa shape index (κ2) is 5.15. The average molecular weight is 285 g/mol. The van der Waals surface area contributed by atoms with Gasteiger partial charge in [-0.25, -0.2) is 5.53 Å². The first kappa shape index (κ1) is 12.3. The Hall–Kier alpha value is -2.45. The minimum absolute atomic E-state index is 0.0394. The third-order valence-corrected chi connectivity index (χ3v) is 3.60. The second-order valence-electron chi connectivity index (χ2n) is 4.88. The Balaban J connectivity index is 1.51. The second-order valence-corrected chi connectivity index (χ2v) is 4.88. The van der Waals surface area contributed by atoms with Crippen molar-refractivity contribution in [3.63, 3.8) is 0 Å². The van der Waals surface area contributed by atoms with Crippen molar-refractivity contribution in [2.45, 2.75) is 6.10 Å². The highest BCUT2D eigenvalue weighted by Crippen LogP contribution is 2.22. The lowest BCUT2D eigenvalue weighted by atomic mass is 10.1. The molecule has 1 fully saturated rings. The van der Waals surface area contributed by atoms with Crippen LogP contribution in [0.4, 0.5) is 0 Å².